The Labute approximate surface area is 130 Å². The normalized spacial score (nSPS) is 12.6. The minimum atomic E-state index is -0.900. The van der Waals surface area contributed by atoms with Crippen molar-refractivity contribution < 1.29 is 24.2 Å². The zero-order valence-corrected chi connectivity index (χ0v) is 13.6. The van der Waals surface area contributed by atoms with Crippen molar-refractivity contribution in [3.05, 3.63) is 29.3 Å². The van der Waals surface area contributed by atoms with Crippen molar-refractivity contribution in [3.8, 4) is 5.75 Å². The highest BCUT2D eigenvalue weighted by atomic mass is 16.5. The van der Waals surface area contributed by atoms with Gasteiger partial charge in [0.05, 0.1) is 18.1 Å². The molecular formula is C17H22O5. The summed E-state index contributed by atoms with van der Waals surface area (Å²) in [6.45, 7) is 8.51. The number of benzene rings is 1. The lowest BCUT2D eigenvalue weighted by molar-refractivity contribution is -0.128. The number of phenols is 1. The summed E-state index contributed by atoms with van der Waals surface area (Å²) in [5, 5.41) is 10.2. The molecule has 0 aliphatic carbocycles. The Bertz CT molecular complexity index is 596. The highest BCUT2D eigenvalue weighted by Crippen LogP contribution is 2.28. The molecule has 0 aliphatic rings. The van der Waals surface area contributed by atoms with E-state index in [0.29, 0.717) is 0 Å². The van der Waals surface area contributed by atoms with Crippen molar-refractivity contribution >= 4 is 17.5 Å². The molecule has 0 aliphatic heterocycles. The molecule has 0 amide bonds. The quantitative estimate of drug-likeness (QED) is 0.514. The summed E-state index contributed by atoms with van der Waals surface area (Å²) in [5.41, 5.74) is -0.789. The van der Waals surface area contributed by atoms with Crippen LogP contribution in [-0.2, 0) is 9.53 Å². The van der Waals surface area contributed by atoms with Crippen LogP contribution < -0.4 is 0 Å². The van der Waals surface area contributed by atoms with Gasteiger partial charge in [0.1, 0.15) is 17.1 Å². The summed E-state index contributed by atoms with van der Waals surface area (Å²) in [6.07, 6.45) is 0. The van der Waals surface area contributed by atoms with Gasteiger partial charge in [0.25, 0.3) is 0 Å². The molecule has 5 nitrogen and oxygen atoms in total. The third-order valence-electron chi connectivity index (χ3n) is 3.32. The Morgan fingerprint density at radius 2 is 1.73 bits per heavy atom. The maximum Gasteiger partial charge on any atom is 0.341 e. The van der Waals surface area contributed by atoms with E-state index in [1.54, 1.807) is 27.7 Å². The van der Waals surface area contributed by atoms with Gasteiger partial charge >= 0.3 is 5.97 Å². The molecule has 0 saturated heterocycles. The van der Waals surface area contributed by atoms with E-state index in [4.69, 9.17) is 4.74 Å². The number of esters is 1. The highest BCUT2D eigenvalue weighted by molar-refractivity contribution is 6.13. The zero-order chi connectivity index (χ0) is 17.1. The molecule has 1 aromatic rings. The molecule has 5 heteroatoms. The van der Waals surface area contributed by atoms with E-state index in [2.05, 4.69) is 0 Å². The number of carbonyl (C=O) groups excluding carboxylic acids is 3. The van der Waals surface area contributed by atoms with Gasteiger partial charge in [0, 0.05) is 5.41 Å². The van der Waals surface area contributed by atoms with Crippen LogP contribution in [0.5, 0.6) is 5.75 Å². The molecule has 1 aromatic carbocycles. The van der Waals surface area contributed by atoms with Crippen LogP contribution in [0.25, 0.3) is 0 Å². The lowest BCUT2D eigenvalue weighted by atomic mass is 9.80. The van der Waals surface area contributed by atoms with E-state index in [0.717, 1.165) is 0 Å². The van der Waals surface area contributed by atoms with Crippen LogP contribution in [-0.4, -0.2) is 29.2 Å². The molecule has 1 rings (SSSR count). The molecule has 1 N–H and O–H groups in total. The van der Waals surface area contributed by atoms with Gasteiger partial charge in [-0.1, -0.05) is 26.8 Å². The topological polar surface area (TPSA) is 80.7 Å². The standard InChI is InChI=1S/C17H22O5/c1-6-22-16(21)12-9-7-8-11(14(12)19)13(18)10(2)15(20)17(3,4)5/h7-10,19H,6H2,1-5H3. The fourth-order valence-electron chi connectivity index (χ4n) is 2.12. The molecule has 0 bridgehead atoms. The number of hydrogen-bond acceptors (Lipinski definition) is 5. The molecule has 1 atom stereocenters. The van der Waals surface area contributed by atoms with Crippen LogP contribution >= 0.6 is 0 Å². The maximum absolute atomic E-state index is 12.5. The molecule has 120 valence electrons. The molecule has 1 unspecified atom stereocenters. The summed E-state index contributed by atoms with van der Waals surface area (Å²) in [6, 6.07) is 4.25. The first kappa shape index (κ1) is 17.9. The van der Waals surface area contributed by atoms with Gasteiger partial charge in [-0.2, -0.15) is 0 Å². The van der Waals surface area contributed by atoms with Crippen LogP contribution in [0.15, 0.2) is 18.2 Å². The van der Waals surface area contributed by atoms with E-state index >= 15 is 0 Å². The fraction of sp³-hybridized carbons (Fsp3) is 0.471. The first-order valence-electron chi connectivity index (χ1n) is 7.18. The molecular weight excluding hydrogens is 284 g/mol. The van der Waals surface area contributed by atoms with Gasteiger partial charge in [0.15, 0.2) is 5.78 Å². The predicted molar refractivity (Wildman–Crippen MR) is 82.0 cm³/mol. The summed E-state index contributed by atoms with van der Waals surface area (Å²) in [5.74, 6) is -2.78. The molecule has 0 spiro atoms. The summed E-state index contributed by atoms with van der Waals surface area (Å²) in [4.78, 5) is 36.4. The maximum atomic E-state index is 12.5. The first-order valence-corrected chi connectivity index (χ1v) is 7.18. The number of hydrogen-bond donors (Lipinski definition) is 1. The van der Waals surface area contributed by atoms with E-state index < -0.39 is 28.8 Å². The molecule has 0 saturated carbocycles. The molecule has 22 heavy (non-hydrogen) atoms. The highest BCUT2D eigenvalue weighted by Gasteiger charge is 2.33. The predicted octanol–water partition coefficient (Wildman–Crippen LogP) is 3.00. The lowest BCUT2D eigenvalue weighted by Gasteiger charge is -2.21. The van der Waals surface area contributed by atoms with Crippen molar-refractivity contribution in [3.63, 3.8) is 0 Å². The van der Waals surface area contributed by atoms with Crippen LogP contribution in [0.3, 0.4) is 0 Å². The number of ether oxygens (including phenoxy) is 1. The van der Waals surface area contributed by atoms with Crippen LogP contribution in [0.1, 0.15) is 55.3 Å². The number of para-hydroxylation sites is 1. The minimum Gasteiger partial charge on any atom is -0.506 e. The zero-order valence-electron chi connectivity index (χ0n) is 13.6. The van der Waals surface area contributed by atoms with E-state index in [1.165, 1.54) is 25.1 Å². The second-order valence-corrected chi connectivity index (χ2v) is 6.12. The van der Waals surface area contributed by atoms with Crippen LogP contribution in [0.4, 0.5) is 0 Å². The van der Waals surface area contributed by atoms with Crippen LogP contribution in [0, 0.1) is 11.3 Å². The average molecular weight is 306 g/mol. The Hall–Kier alpha value is -2.17. The van der Waals surface area contributed by atoms with Gasteiger partial charge in [-0.15, -0.1) is 0 Å². The Morgan fingerprint density at radius 1 is 1.18 bits per heavy atom. The Morgan fingerprint density at radius 3 is 2.23 bits per heavy atom. The van der Waals surface area contributed by atoms with Gasteiger partial charge < -0.3 is 9.84 Å². The molecule has 0 fully saturated rings. The summed E-state index contributed by atoms with van der Waals surface area (Å²) in [7, 11) is 0. The van der Waals surface area contributed by atoms with Crippen molar-refractivity contribution in [1.82, 2.24) is 0 Å². The number of aromatic hydroxyl groups is 1. The van der Waals surface area contributed by atoms with Gasteiger partial charge in [-0.05, 0) is 26.0 Å². The summed E-state index contributed by atoms with van der Waals surface area (Å²) < 4.78 is 4.83. The smallest absolute Gasteiger partial charge is 0.341 e. The number of carbonyl (C=O) groups is 3. The Kier molecular flexibility index (Phi) is 5.47. The third-order valence-corrected chi connectivity index (χ3v) is 3.32. The molecule has 0 aromatic heterocycles. The van der Waals surface area contributed by atoms with Crippen molar-refractivity contribution in [2.24, 2.45) is 11.3 Å². The lowest BCUT2D eigenvalue weighted by Crippen LogP contribution is -2.31. The van der Waals surface area contributed by atoms with Gasteiger partial charge in [-0.3, -0.25) is 9.59 Å². The number of Topliss-reactive ketones (excluding diaryl/α,β-unsaturated/α-hetero) is 2. The van der Waals surface area contributed by atoms with E-state index in [-0.39, 0.29) is 23.5 Å². The van der Waals surface area contributed by atoms with Crippen LogP contribution in [0.2, 0.25) is 0 Å². The van der Waals surface area contributed by atoms with Crippen molar-refractivity contribution in [2.75, 3.05) is 6.61 Å². The SMILES string of the molecule is CCOC(=O)c1cccc(C(=O)C(C)C(=O)C(C)(C)C)c1O. The number of ketones is 2. The number of phenolic OH excluding ortho intramolecular Hbond substituents is 1. The minimum absolute atomic E-state index is 0.0457. The monoisotopic (exact) mass is 306 g/mol. The molecule has 0 heterocycles. The van der Waals surface area contributed by atoms with E-state index in [9.17, 15) is 19.5 Å². The van der Waals surface area contributed by atoms with E-state index in [1.807, 2.05) is 0 Å². The second kappa shape index (κ2) is 6.73. The first-order chi connectivity index (χ1) is 10.1. The van der Waals surface area contributed by atoms with Crippen molar-refractivity contribution in [2.45, 2.75) is 34.6 Å². The Balaban J connectivity index is 3.17. The molecule has 0 radical (unpaired) electrons. The van der Waals surface area contributed by atoms with Crippen molar-refractivity contribution in [1.29, 1.82) is 0 Å². The largest absolute Gasteiger partial charge is 0.506 e. The second-order valence-electron chi connectivity index (χ2n) is 6.12. The number of rotatable bonds is 5. The fourth-order valence-corrected chi connectivity index (χ4v) is 2.12. The summed E-state index contributed by atoms with van der Waals surface area (Å²) >= 11 is 0. The van der Waals surface area contributed by atoms with Gasteiger partial charge in [0.2, 0.25) is 0 Å². The average Bonchev–Trinajstić information content (AvgIpc) is 2.44. The third kappa shape index (κ3) is 3.72. The van der Waals surface area contributed by atoms with Gasteiger partial charge in [-0.25, -0.2) is 4.79 Å².